The van der Waals surface area contributed by atoms with Crippen LogP contribution in [0.5, 0.6) is 23.0 Å². The molecule has 4 aliphatic rings. The lowest BCUT2D eigenvalue weighted by molar-refractivity contribution is -0.385. The number of ether oxygens (including phenoxy) is 2. The van der Waals surface area contributed by atoms with Gasteiger partial charge in [-0.2, -0.15) is 0 Å². The highest BCUT2D eigenvalue weighted by Gasteiger charge is 2.40. The van der Waals surface area contributed by atoms with Crippen molar-refractivity contribution in [1.82, 2.24) is 9.80 Å². The topological polar surface area (TPSA) is 186 Å². The van der Waals surface area contributed by atoms with Gasteiger partial charge in [0.15, 0.2) is 0 Å². The number of likely N-dealkylation sites (N-methyl/N-ethyl adjacent to an activating group) is 2. The van der Waals surface area contributed by atoms with Crippen LogP contribution in [0.4, 0.5) is 11.4 Å². The number of nitro groups is 2. The van der Waals surface area contributed by atoms with E-state index in [-0.39, 0.29) is 33.1 Å². The number of likely N-dealkylation sites (tertiary alicyclic amines) is 2. The Bertz CT molecular complexity index is 1920. The highest BCUT2D eigenvalue weighted by atomic mass is 16.6. The van der Waals surface area contributed by atoms with Gasteiger partial charge in [-0.25, -0.2) is 9.59 Å². The van der Waals surface area contributed by atoms with Crippen LogP contribution in [-0.4, -0.2) is 82.1 Å². The molecule has 2 N–H and O–H groups in total. The lowest BCUT2D eigenvalue weighted by atomic mass is 9.84. The lowest BCUT2D eigenvalue weighted by Gasteiger charge is -2.16. The fraction of sp³-hybridized carbons (Fsp3) is 0.263. The van der Waals surface area contributed by atoms with E-state index in [0.29, 0.717) is 24.0 Å². The second kappa shape index (κ2) is 15.0. The highest BCUT2D eigenvalue weighted by Crippen LogP contribution is 2.51. The van der Waals surface area contributed by atoms with E-state index in [2.05, 4.69) is 36.0 Å². The molecule has 4 heterocycles. The van der Waals surface area contributed by atoms with E-state index in [1.807, 2.05) is 36.4 Å². The van der Waals surface area contributed by atoms with Crippen LogP contribution >= 0.6 is 0 Å². The van der Waals surface area contributed by atoms with E-state index in [1.54, 1.807) is 24.3 Å². The summed E-state index contributed by atoms with van der Waals surface area (Å²) in [4.78, 5) is 45.2. The Morgan fingerprint density at radius 3 is 1.27 bits per heavy atom. The fourth-order valence-corrected chi connectivity index (χ4v) is 7.46. The molecule has 8 rings (SSSR count). The number of aliphatic carboxylic acids is 2. The largest absolute Gasteiger partial charge is 0.478 e. The van der Waals surface area contributed by atoms with Gasteiger partial charge in [-0.1, -0.05) is 36.4 Å². The third-order valence-corrected chi connectivity index (χ3v) is 9.66. The maximum Gasteiger partial charge on any atom is 0.328 e. The zero-order chi connectivity index (χ0) is 37.1. The minimum Gasteiger partial charge on any atom is -0.478 e. The lowest BCUT2D eigenvalue weighted by Crippen LogP contribution is -2.14. The molecule has 268 valence electrons. The third-order valence-electron chi connectivity index (χ3n) is 9.66. The number of carbonyl (C=O) groups is 2. The summed E-state index contributed by atoms with van der Waals surface area (Å²) < 4.78 is 12.1. The molecular formula is C38H36N4O10. The number of nitro benzene ring substituents is 2. The van der Waals surface area contributed by atoms with E-state index in [4.69, 9.17) is 19.7 Å². The van der Waals surface area contributed by atoms with Crippen molar-refractivity contribution in [1.29, 1.82) is 0 Å². The summed E-state index contributed by atoms with van der Waals surface area (Å²) in [6.07, 6.45) is 1.12. The van der Waals surface area contributed by atoms with Crippen LogP contribution in [0.3, 0.4) is 0 Å². The van der Waals surface area contributed by atoms with Gasteiger partial charge in [0.2, 0.25) is 0 Å². The van der Waals surface area contributed by atoms with Crippen LogP contribution < -0.4 is 9.47 Å². The van der Waals surface area contributed by atoms with Gasteiger partial charge < -0.3 is 29.5 Å². The van der Waals surface area contributed by atoms with Crippen LogP contribution in [0.2, 0.25) is 0 Å². The van der Waals surface area contributed by atoms with E-state index in [1.165, 1.54) is 23.3 Å². The molecule has 0 unspecified atom stereocenters. The number of non-ortho nitro benzene ring substituents is 2. The molecule has 4 aromatic carbocycles. The molecule has 2 saturated heterocycles. The monoisotopic (exact) mass is 708 g/mol. The number of hydrogen-bond donors (Lipinski definition) is 2. The smallest absolute Gasteiger partial charge is 0.328 e. The zero-order valence-electron chi connectivity index (χ0n) is 28.3. The summed E-state index contributed by atoms with van der Waals surface area (Å²) in [5, 5.41) is 37.8. The number of para-hydroxylation sites is 2. The number of carboxylic acid groups (broad SMARTS) is 2. The molecule has 0 bridgehead atoms. The Hall–Kier alpha value is -6.12. The molecule has 4 atom stereocenters. The summed E-state index contributed by atoms with van der Waals surface area (Å²) in [5.74, 6) is 1.75. The molecule has 4 aliphatic heterocycles. The minimum absolute atomic E-state index is 0.126. The molecule has 2 fully saturated rings. The van der Waals surface area contributed by atoms with Crippen LogP contribution in [-0.2, 0) is 9.59 Å². The minimum atomic E-state index is -1.26. The summed E-state index contributed by atoms with van der Waals surface area (Å²) in [7, 11) is 4.18. The molecule has 0 saturated carbocycles. The fourth-order valence-electron chi connectivity index (χ4n) is 7.46. The summed E-state index contributed by atoms with van der Waals surface area (Å²) in [5.41, 5.74) is 4.52. The molecule has 4 aromatic rings. The van der Waals surface area contributed by atoms with Crippen molar-refractivity contribution in [3.8, 4) is 23.0 Å². The molecule has 14 heteroatoms. The van der Waals surface area contributed by atoms with E-state index in [0.717, 1.165) is 60.3 Å². The van der Waals surface area contributed by atoms with Crippen molar-refractivity contribution in [3.63, 3.8) is 0 Å². The summed E-state index contributed by atoms with van der Waals surface area (Å²) in [6.45, 7) is 3.65. The van der Waals surface area contributed by atoms with Crippen LogP contribution in [0.15, 0.2) is 97.1 Å². The Morgan fingerprint density at radius 1 is 0.596 bits per heavy atom. The summed E-state index contributed by atoms with van der Waals surface area (Å²) in [6, 6.07) is 26.0. The van der Waals surface area contributed by atoms with Gasteiger partial charge in [0.1, 0.15) is 23.0 Å². The van der Waals surface area contributed by atoms with Gasteiger partial charge in [-0.05, 0) is 49.5 Å². The Kier molecular flexibility index (Phi) is 10.3. The van der Waals surface area contributed by atoms with Gasteiger partial charge in [-0.3, -0.25) is 20.2 Å². The average molecular weight is 709 g/mol. The number of hydrogen-bond acceptors (Lipinski definition) is 10. The zero-order valence-corrected chi connectivity index (χ0v) is 28.3. The van der Waals surface area contributed by atoms with Crippen molar-refractivity contribution >= 4 is 23.3 Å². The summed E-state index contributed by atoms with van der Waals surface area (Å²) >= 11 is 0. The Balaban J connectivity index is 0.000000149. The molecule has 0 amide bonds. The van der Waals surface area contributed by atoms with Gasteiger partial charge >= 0.3 is 11.9 Å². The number of rotatable bonds is 4. The van der Waals surface area contributed by atoms with Crippen molar-refractivity contribution in [3.05, 3.63) is 140 Å². The van der Waals surface area contributed by atoms with Crippen molar-refractivity contribution in [2.45, 2.75) is 23.7 Å². The number of carboxylic acids is 2. The van der Waals surface area contributed by atoms with Crippen molar-refractivity contribution in [2.75, 3.05) is 40.3 Å². The highest BCUT2D eigenvalue weighted by molar-refractivity contribution is 5.89. The first-order chi connectivity index (χ1) is 24.9. The third kappa shape index (κ3) is 7.62. The van der Waals surface area contributed by atoms with Gasteiger partial charge in [0.25, 0.3) is 11.4 Å². The van der Waals surface area contributed by atoms with Crippen molar-refractivity contribution < 1.29 is 39.1 Å². The maximum atomic E-state index is 11.1. The number of nitrogens with zero attached hydrogens (tertiary/aromatic N) is 4. The first-order valence-corrected chi connectivity index (χ1v) is 16.5. The SMILES string of the molecule is CN1C[C@@H]2c3ccccc3Oc3ccc([N+](=O)[O-])cc3[C@H]2C1.CN1C[C@@H]2c3ccccc3Oc3ccc([N+](=O)[O-])cc3[C@H]2C1.O=C(O)/C=C\C(=O)O. The van der Waals surface area contributed by atoms with Gasteiger partial charge in [0.05, 0.1) is 9.85 Å². The van der Waals surface area contributed by atoms with Crippen LogP contribution in [0.25, 0.3) is 0 Å². The van der Waals surface area contributed by atoms with Gasteiger partial charge in [-0.15, -0.1) is 0 Å². The second-order valence-corrected chi connectivity index (χ2v) is 13.1. The molecular weight excluding hydrogens is 672 g/mol. The van der Waals surface area contributed by atoms with Gasteiger partial charge in [0, 0.05) is 97.4 Å². The molecule has 0 aliphatic carbocycles. The first-order valence-electron chi connectivity index (χ1n) is 16.5. The predicted molar refractivity (Wildman–Crippen MR) is 190 cm³/mol. The molecule has 14 nitrogen and oxygen atoms in total. The Morgan fingerprint density at radius 2 is 0.923 bits per heavy atom. The average Bonchev–Trinajstić information content (AvgIpc) is 3.63. The molecule has 0 aromatic heterocycles. The quantitative estimate of drug-likeness (QED) is 0.129. The second-order valence-electron chi connectivity index (χ2n) is 13.1. The first kappa shape index (κ1) is 35.7. The molecule has 0 radical (unpaired) electrons. The van der Waals surface area contributed by atoms with E-state index in [9.17, 15) is 29.8 Å². The normalized spacial score (nSPS) is 20.9. The Labute approximate surface area is 298 Å². The predicted octanol–water partition coefficient (Wildman–Crippen LogP) is 6.74. The van der Waals surface area contributed by atoms with Crippen LogP contribution in [0, 0.1) is 20.2 Å². The van der Waals surface area contributed by atoms with Crippen molar-refractivity contribution in [2.24, 2.45) is 0 Å². The molecule has 52 heavy (non-hydrogen) atoms. The standard InChI is InChI=1S/2C17H16N2O3.C4H4O4/c2*1-18-9-14-12-4-2-3-5-16(12)22-17-7-6-11(19(20)21)8-13(17)15(14)10-18;5-3(6)1-2-4(7)8/h2*2-8,14-15H,9-10H2,1H3;1-2H,(H,5,6)(H,7,8)/b;;2-1-/t2*14-,15-;/m11./s1. The van der Waals surface area contributed by atoms with E-state index >= 15 is 0 Å². The number of fused-ring (bicyclic) bond motifs is 10. The van der Waals surface area contributed by atoms with Crippen LogP contribution in [0.1, 0.15) is 45.9 Å². The number of benzene rings is 4. The molecule has 0 spiro atoms. The maximum absolute atomic E-state index is 11.1. The van der Waals surface area contributed by atoms with E-state index < -0.39 is 11.9 Å².